The molecule has 0 aliphatic carbocycles. The Morgan fingerprint density at radius 1 is 0.511 bits per heavy atom. The second-order valence-corrected chi connectivity index (χ2v) is 12.3. The Balaban J connectivity index is 3.61. The van der Waals surface area contributed by atoms with Crippen LogP contribution >= 0.6 is 0 Å². The van der Waals surface area contributed by atoms with Gasteiger partial charge in [-0.2, -0.15) is 0 Å². The number of esters is 2. The number of rotatable bonds is 33. The van der Waals surface area contributed by atoms with Crippen molar-refractivity contribution in [3.63, 3.8) is 0 Å². The molecular formula is C40H70O5. The molecule has 0 bridgehead atoms. The molecule has 45 heavy (non-hydrogen) atoms. The number of carbonyl (C=O) groups is 2. The van der Waals surface area contributed by atoms with E-state index < -0.39 is 6.10 Å². The van der Waals surface area contributed by atoms with Gasteiger partial charge in [0.05, 0.1) is 6.61 Å². The maximum atomic E-state index is 12.1. The van der Waals surface area contributed by atoms with Crippen molar-refractivity contribution in [1.29, 1.82) is 0 Å². The van der Waals surface area contributed by atoms with E-state index in [0.717, 1.165) is 70.6 Å². The number of aliphatic hydroxyl groups excluding tert-OH is 1. The summed E-state index contributed by atoms with van der Waals surface area (Å²) in [4.78, 5) is 24.2. The van der Waals surface area contributed by atoms with E-state index in [2.05, 4.69) is 62.5 Å². The maximum absolute atomic E-state index is 12.1. The predicted octanol–water partition coefficient (Wildman–Crippen LogP) is 11.5. The second kappa shape index (κ2) is 36.3. The molecule has 0 heterocycles. The molecule has 0 saturated heterocycles. The molecule has 0 amide bonds. The van der Waals surface area contributed by atoms with Crippen molar-refractivity contribution in [3.05, 3.63) is 48.6 Å². The number of hydrogen-bond donors (Lipinski definition) is 1. The summed E-state index contributed by atoms with van der Waals surface area (Å²) in [6, 6.07) is 0. The topological polar surface area (TPSA) is 72.8 Å². The Morgan fingerprint density at radius 2 is 0.911 bits per heavy atom. The second-order valence-electron chi connectivity index (χ2n) is 12.3. The lowest BCUT2D eigenvalue weighted by Crippen LogP contribution is -2.28. The van der Waals surface area contributed by atoms with Crippen LogP contribution in [0.4, 0.5) is 0 Å². The first kappa shape index (κ1) is 42.9. The van der Waals surface area contributed by atoms with Crippen LogP contribution < -0.4 is 0 Å². The average molecular weight is 631 g/mol. The molecule has 5 heteroatoms. The van der Waals surface area contributed by atoms with Gasteiger partial charge in [0.1, 0.15) is 6.61 Å². The van der Waals surface area contributed by atoms with Crippen LogP contribution in [-0.4, -0.2) is 36.4 Å². The van der Waals surface area contributed by atoms with E-state index >= 15 is 0 Å². The molecule has 0 spiro atoms. The monoisotopic (exact) mass is 631 g/mol. The number of unbranched alkanes of at least 4 members (excludes halogenated alkanes) is 17. The lowest BCUT2D eigenvalue weighted by molar-refractivity contribution is -0.161. The van der Waals surface area contributed by atoms with Crippen molar-refractivity contribution in [2.75, 3.05) is 13.2 Å². The Hall–Kier alpha value is -2.14. The summed E-state index contributed by atoms with van der Waals surface area (Å²) in [5.74, 6) is -0.619. The summed E-state index contributed by atoms with van der Waals surface area (Å²) in [7, 11) is 0. The minimum atomic E-state index is -0.781. The van der Waals surface area contributed by atoms with Crippen molar-refractivity contribution in [2.24, 2.45) is 0 Å². The van der Waals surface area contributed by atoms with Gasteiger partial charge >= 0.3 is 11.9 Å². The number of ether oxygens (including phenoxy) is 2. The summed E-state index contributed by atoms with van der Waals surface area (Å²) >= 11 is 0. The highest BCUT2D eigenvalue weighted by atomic mass is 16.6. The fraction of sp³-hybridized carbons (Fsp3) is 0.750. The molecule has 0 aromatic rings. The van der Waals surface area contributed by atoms with Gasteiger partial charge in [-0.1, -0.05) is 140 Å². The molecule has 0 aromatic heterocycles. The molecule has 1 N–H and O–H groups in total. The highest BCUT2D eigenvalue weighted by molar-refractivity contribution is 5.70. The van der Waals surface area contributed by atoms with Gasteiger partial charge in [0.2, 0.25) is 0 Å². The van der Waals surface area contributed by atoms with Crippen LogP contribution in [0, 0.1) is 0 Å². The molecule has 0 fully saturated rings. The largest absolute Gasteiger partial charge is 0.462 e. The first-order chi connectivity index (χ1) is 22.1. The Morgan fingerprint density at radius 3 is 1.38 bits per heavy atom. The summed E-state index contributed by atoms with van der Waals surface area (Å²) in [5.41, 5.74) is 0. The van der Waals surface area contributed by atoms with E-state index in [1.165, 1.54) is 77.0 Å². The molecule has 0 aromatic carbocycles. The third-order valence-electron chi connectivity index (χ3n) is 7.85. The summed E-state index contributed by atoms with van der Waals surface area (Å²) in [6.07, 6.45) is 44.5. The van der Waals surface area contributed by atoms with Gasteiger partial charge in [-0.3, -0.25) is 9.59 Å². The molecule has 0 aliphatic rings. The fourth-order valence-corrected chi connectivity index (χ4v) is 4.95. The average Bonchev–Trinajstić information content (AvgIpc) is 3.04. The van der Waals surface area contributed by atoms with Gasteiger partial charge < -0.3 is 14.6 Å². The molecule has 260 valence electrons. The molecule has 0 aliphatic heterocycles. The predicted molar refractivity (Wildman–Crippen MR) is 191 cm³/mol. The molecule has 1 atom stereocenters. The SMILES string of the molecule is CCCC/C=C/C/C=C/CCCCCCCC(=O)O[C@@H](CO)COC(=O)CCCCCCCCC/C=C/C/C=C/CCCCC. The molecule has 0 saturated carbocycles. The third kappa shape index (κ3) is 34.6. The third-order valence-corrected chi connectivity index (χ3v) is 7.85. The van der Waals surface area contributed by atoms with Gasteiger partial charge in [0, 0.05) is 12.8 Å². The van der Waals surface area contributed by atoms with E-state index in [4.69, 9.17) is 9.47 Å². The van der Waals surface area contributed by atoms with Crippen LogP contribution in [0.3, 0.4) is 0 Å². The highest BCUT2D eigenvalue weighted by Gasteiger charge is 2.16. The van der Waals surface area contributed by atoms with E-state index in [0.29, 0.717) is 12.8 Å². The first-order valence-corrected chi connectivity index (χ1v) is 18.7. The minimum Gasteiger partial charge on any atom is -0.462 e. The van der Waals surface area contributed by atoms with Crippen LogP contribution in [-0.2, 0) is 19.1 Å². The van der Waals surface area contributed by atoms with Gasteiger partial charge in [-0.05, 0) is 70.6 Å². The number of hydrogen-bond acceptors (Lipinski definition) is 5. The van der Waals surface area contributed by atoms with Crippen molar-refractivity contribution in [1.82, 2.24) is 0 Å². The van der Waals surface area contributed by atoms with Crippen LogP contribution in [0.25, 0.3) is 0 Å². The molecule has 5 nitrogen and oxygen atoms in total. The van der Waals surface area contributed by atoms with Crippen molar-refractivity contribution < 1.29 is 24.2 Å². The van der Waals surface area contributed by atoms with E-state index in [1.54, 1.807) is 0 Å². The normalized spacial score (nSPS) is 12.7. The standard InChI is InChI=1S/C40H70O5/c1-3-5-7-9-11-13-15-17-19-20-21-23-24-26-28-30-32-34-39(42)44-37-38(36-41)45-40(43)35-33-31-29-27-25-22-18-16-14-12-10-8-6-4-2/h10-13,16-19,38,41H,3-9,14-15,20-37H2,1-2H3/b12-10+,13-11+,18-16+,19-17+/t38-/m0/s1. The summed E-state index contributed by atoms with van der Waals surface area (Å²) in [5, 5.41) is 9.53. The number of aliphatic hydroxyl groups is 1. The van der Waals surface area contributed by atoms with Crippen molar-refractivity contribution in [3.8, 4) is 0 Å². The highest BCUT2D eigenvalue weighted by Crippen LogP contribution is 2.12. The first-order valence-electron chi connectivity index (χ1n) is 18.7. The minimum absolute atomic E-state index is 0.0766. The Bertz CT molecular complexity index is 767. The van der Waals surface area contributed by atoms with Crippen molar-refractivity contribution >= 4 is 11.9 Å². The zero-order valence-electron chi connectivity index (χ0n) is 29.4. The Kier molecular flexibility index (Phi) is 34.6. The van der Waals surface area contributed by atoms with Crippen LogP contribution in [0.2, 0.25) is 0 Å². The van der Waals surface area contributed by atoms with Crippen LogP contribution in [0.5, 0.6) is 0 Å². The maximum Gasteiger partial charge on any atom is 0.306 e. The summed E-state index contributed by atoms with van der Waals surface area (Å²) in [6.45, 7) is 4.04. The van der Waals surface area contributed by atoms with E-state index in [1.807, 2.05) is 0 Å². The van der Waals surface area contributed by atoms with Gasteiger partial charge in [-0.25, -0.2) is 0 Å². The number of carbonyl (C=O) groups excluding carboxylic acids is 2. The Labute approximate surface area is 278 Å². The zero-order valence-corrected chi connectivity index (χ0v) is 29.4. The quantitative estimate of drug-likeness (QED) is 0.0444. The lowest BCUT2D eigenvalue weighted by atomic mass is 10.1. The molecular weight excluding hydrogens is 560 g/mol. The van der Waals surface area contributed by atoms with Crippen LogP contribution in [0.15, 0.2) is 48.6 Å². The van der Waals surface area contributed by atoms with E-state index in [-0.39, 0.29) is 25.2 Å². The van der Waals surface area contributed by atoms with Gasteiger partial charge in [0.25, 0.3) is 0 Å². The van der Waals surface area contributed by atoms with Gasteiger partial charge in [-0.15, -0.1) is 0 Å². The zero-order chi connectivity index (χ0) is 32.9. The van der Waals surface area contributed by atoms with E-state index in [9.17, 15) is 14.7 Å². The van der Waals surface area contributed by atoms with Crippen LogP contribution in [0.1, 0.15) is 174 Å². The lowest BCUT2D eigenvalue weighted by Gasteiger charge is -2.15. The fourth-order valence-electron chi connectivity index (χ4n) is 4.95. The molecule has 0 rings (SSSR count). The number of allylic oxidation sites excluding steroid dienone is 8. The van der Waals surface area contributed by atoms with Crippen molar-refractivity contribution in [2.45, 2.75) is 180 Å². The molecule has 0 unspecified atom stereocenters. The van der Waals surface area contributed by atoms with Gasteiger partial charge in [0.15, 0.2) is 6.10 Å². The smallest absolute Gasteiger partial charge is 0.306 e. The summed E-state index contributed by atoms with van der Waals surface area (Å²) < 4.78 is 10.6. The molecule has 0 radical (unpaired) electrons.